The molecular formula is C17H27NO4. The van der Waals surface area contributed by atoms with Crippen LogP contribution in [0.2, 0.25) is 0 Å². The molecule has 0 spiro atoms. The minimum atomic E-state index is -0.520. The Hall–Kier alpha value is -1.59. The molecular weight excluding hydrogens is 282 g/mol. The van der Waals surface area contributed by atoms with Crippen LogP contribution in [0.5, 0.6) is 0 Å². The quantitative estimate of drug-likeness (QED) is 0.750. The first-order valence-corrected chi connectivity index (χ1v) is 7.63. The highest BCUT2D eigenvalue weighted by Gasteiger charge is 2.21. The maximum atomic E-state index is 12.2. The van der Waals surface area contributed by atoms with Gasteiger partial charge < -0.3 is 19.5 Å². The van der Waals surface area contributed by atoms with E-state index in [1.54, 1.807) is 4.90 Å². The third-order valence-corrected chi connectivity index (χ3v) is 2.91. The molecule has 0 aliphatic carbocycles. The van der Waals surface area contributed by atoms with E-state index in [4.69, 9.17) is 14.6 Å². The number of amides is 1. The van der Waals surface area contributed by atoms with E-state index in [-0.39, 0.29) is 19.3 Å². The number of carbonyl (C=O) groups excluding carboxylic acids is 1. The standard InChI is InChI=1S/C17H27NO4/c1-17(2,3)22-16(20)18(11-13-21-14-12-19)10-9-15-7-5-4-6-8-15/h4-8,19H,9-14H2,1-3H3. The molecule has 22 heavy (non-hydrogen) atoms. The van der Waals surface area contributed by atoms with Crippen LogP contribution in [0.1, 0.15) is 26.3 Å². The minimum Gasteiger partial charge on any atom is -0.444 e. The van der Waals surface area contributed by atoms with Gasteiger partial charge in [0.05, 0.1) is 19.8 Å². The molecule has 0 saturated carbocycles. The maximum Gasteiger partial charge on any atom is 0.410 e. The first kappa shape index (κ1) is 18.5. The molecule has 0 fully saturated rings. The molecule has 124 valence electrons. The van der Waals surface area contributed by atoms with Crippen LogP contribution in [-0.2, 0) is 15.9 Å². The Morgan fingerprint density at radius 2 is 1.82 bits per heavy atom. The Morgan fingerprint density at radius 3 is 2.41 bits per heavy atom. The van der Waals surface area contributed by atoms with Gasteiger partial charge in [-0.1, -0.05) is 30.3 Å². The molecule has 5 heteroatoms. The average molecular weight is 309 g/mol. The van der Waals surface area contributed by atoms with Gasteiger partial charge in [0.25, 0.3) is 0 Å². The molecule has 0 radical (unpaired) electrons. The second kappa shape index (κ2) is 9.43. The lowest BCUT2D eigenvalue weighted by atomic mass is 10.1. The van der Waals surface area contributed by atoms with E-state index in [9.17, 15) is 4.79 Å². The molecule has 5 nitrogen and oxygen atoms in total. The summed E-state index contributed by atoms with van der Waals surface area (Å²) in [4.78, 5) is 13.9. The van der Waals surface area contributed by atoms with Crippen molar-refractivity contribution in [2.75, 3.05) is 32.9 Å². The van der Waals surface area contributed by atoms with Crippen molar-refractivity contribution in [2.45, 2.75) is 32.8 Å². The van der Waals surface area contributed by atoms with E-state index in [1.165, 1.54) is 5.56 Å². The Kier molecular flexibility index (Phi) is 7.91. The van der Waals surface area contributed by atoms with Crippen LogP contribution in [0.3, 0.4) is 0 Å². The second-order valence-electron chi connectivity index (χ2n) is 6.04. The number of benzene rings is 1. The third-order valence-electron chi connectivity index (χ3n) is 2.91. The van der Waals surface area contributed by atoms with Gasteiger partial charge in [0, 0.05) is 13.1 Å². The van der Waals surface area contributed by atoms with Gasteiger partial charge in [-0.2, -0.15) is 0 Å². The lowest BCUT2D eigenvalue weighted by Gasteiger charge is -2.27. The number of nitrogens with zero attached hydrogens (tertiary/aromatic N) is 1. The van der Waals surface area contributed by atoms with E-state index in [0.717, 1.165) is 6.42 Å². The summed E-state index contributed by atoms with van der Waals surface area (Å²) in [6, 6.07) is 10.0. The van der Waals surface area contributed by atoms with Crippen LogP contribution in [0, 0.1) is 0 Å². The van der Waals surface area contributed by atoms with Gasteiger partial charge in [-0.15, -0.1) is 0 Å². The Bertz CT molecular complexity index is 428. The van der Waals surface area contributed by atoms with E-state index in [0.29, 0.717) is 19.7 Å². The first-order valence-electron chi connectivity index (χ1n) is 7.63. The molecule has 1 N–H and O–H groups in total. The molecule has 1 aromatic carbocycles. The van der Waals surface area contributed by atoms with Crippen LogP contribution in [-0.4, -0.2) is 54.6 Å². The van der Waals surface area contributed by atoms with Crippen molar-refractivity contribution in [1.82, 2.24) is 4.90 Å². The Labute approximate surface area is 132 Å². The van der Waals surface area contributed by atoms with Crippen LogP contribution in [0.15, 0.2) is 30.3 Å². The third kappa shape index (κ3) is 8.00. The Morgan fingerprint density at radius 1 is 1.14 bits per heavy atom. The second-order valence-corrected chi connectivity index (χ2v) is 6.04. The molecule has 0 heterocycles. The lowest BCUT2D eigenvalue weighted by molar-refractivity contribution is 0.0157. The number of hydrogen-bond acceptors (Lipinski definition) is 4. The van der Waals surface area contributed by atoms with Crippen LogP contribution >= 0.6 is 0 Å². The summed E-state index contributed by atoms with van der Waals surface area (Å²) in [5.41, 5.74) is 0.654. The summed E-state index contributed by atoms with van der Waals surface area (Å²) < 4.78 is 10.7. The van der Waals surface area contributed by atoms with Crippen LogP contribution in [0.4, 0.5) is 4.79 Å². The van der Waals surface area contributed by atoms with E-state index >= 15 is 0 Å². The molecule has 1 amide bonds. The molecule has 0 aliphatic rings. The Balaban J connectivity index is 2.54. The molecule has 0 bridgehead atoms. The zero-order valence-electron chi connectivity index (χ0n) is 13.7. The number of aliphatic hydroxyl groups excluding tert-OH is 1. The van der Waals surface area contributed by atoms with Gasteiger partial charge in [0.1, 0.15) is 5.60 Å². The van der Waals surface area contributed by atoms with Gasteiger partial charge >= 0.3 is 6.09 Å². The normalized spacial score (nSPS) is 11.3. The van der Waals surface area contributed by atoms with Gasteiger partial charge in [-0.3, -0.25) is 0 Å². The van der Waals surface area contributed by atoms with Crippen molar-refractivity contribution in [1.29, 1.82) is 0 Å². The topological polar surface area (TPSA) is 59.0 Å². The highest BCUT2D eigenvalue weighted by molar-refractivity contribution is 5.68. The van der Waals surface area contributed by atoms with Gasteiger partial charge in [-0.05, 0) is 32.8 Å². The number of carbonyl (C=O) groups is 1. The first-order chi connectivity index (χ1) is 10.4. The van der Waals surface area contributed by atoms with Crippen LogP contribution in [0.25, 0.3) is 0 Å². The smallest absolute Gasteiger partial charge is 0.410 e. The fourth-order valence-electron chi connectivity index (χ4n) is 1.87. The predicted octanol–water partition coefficient (Wildman–Crippen LogP) is 2.48. The predicted molar refractivity (Wildman–Crippen MR) is 85.9 cm³/mol. The zero-order chi connectivity index (χ0) is 16.4. The molecule has 0 unspecified atom stereocenters. The summed E-state index contributed by atoms with van der Waals surface area (Å²) in [7, 11) is 0. The monoisotopic (exact) mass is 309 g/mol. The fourth-order valence-corrected chi connectivity index (χ4v) is 1.87. The zero-order valence-corrected chi connectivity index (χ0v) is 13.7. The van der Waals surface area contributed by atoms with Crippen LogP contribution < -0.4 is 0 Å². The minimum absolute atomic E-state index is 0.0174. The molecule has 0 atom stereocenters. The average Bonchev–Trinajstić information content (AvgIpc) is 2.45. The van der Waals surface area contributed by atoms with E-state index < -0.39 is 5.60 Å². The van der Waals surface area contributed by atoms with Gasteiger partial charge in [0.2, 0.25) is 0 Å². The maximum absolute atomic E-state index is 12.2. The molecule has 1 aromatic rings. The number of rotatable bonds is 8. The molecule has 0 saturated heterocycles. The van der Waals surface area contributed by atoms with Crippen molar-refractivity contribution in [3.05, 3.63) is 35.9 Å². The SMILES string of the molecule is CC(C)(C)OC(=O)N(CCOCCO)CCc1ccccc1. The van der Waals surface area contributed by atoms with Crippen molar-refractivity contribution in [3.63, 3.8) is 0 Å². The van der Waals surface area contributed by atoms with Gasteiger partial charge in [0.15, 0.2) is 0 Å². The lowest BCUT2D eigenvalue weighted by Crippen LogP contribution is -2.40. The summed E-state index contributed by atoms with van der Waals surface area (Å²) in [6.07, 6.45) is 0.427. The van der Waals surface area contributed by atoms with Crippen molar-refractivity contribution in [3.8, 4) is 0 Å². The molecule has 0 aromatic heterocycles. The molecule has 0 aliphatic heterocycles. The van der Waals surface area contributed by atoms with Crippen molar-refractivity contribution < 1.29 is 19.4 Å². The van der Waals surface area contributed by atoms with Crippen molar-refractivity contribution in [2.24, 2.45) is 0 Å². The van der Waals surface area contributed by atoms with E-state index in [2.05, 4.69) is 0 Å². The fraction of sp³-hybridized carbons (Fsp3) is 0.588. The number of ether oxygens (including phenoxy) is 2. The highest BCUT2D eigenvalue weighted by Crippen LogP contribution is 2.11. The van der Waals surface area contributed by atoms with Crippen molar-refractivity contribution >= 4 is 6.09 Å². The summed E-state index contributed by atoms with van der Waals surface area (Å²) >= 11 is 0. The summed E-state index contributed by atoms with van der Waals surface area (Å²) in [5.74, 6) is 0. The largest absolute Gasteiger partial charge is 0.444 e. The summed E-state index contributed by atoms with van der Waals surface area (Å²) in [6.45, 7) is 7.21. The van der Waals surface area contributed by atoms with E-state index in [1.807, 2.05) is 51.1 Å². The number of aliphatic hydroxyl groups is 1. The highest BCUT2D eigenvalue weighted by atomic mass is 16.6. The summed E-state index contributed by atoms with van der Waals surface area (Å²) in [5, 5.41) is 8.72. The van der Waals surface area contributed by atoms with Gasteiger partial charge in [-0.25, -0.2) is 4.79 Å². The molecule has 1 rings (SSSR count). The number of hydrogen-bond donors (Lipinski definition) is 1.